The van der Waals surface area contributed by atoms with Crippen LogP contribution in [0.25, 0.3) is 0 Å². The average Bonchev–Trinajstić information content (AvgIpc) is 2.02. The molecule has 0 radical (unpaired) electrons. The highest BCUT2D eigenvalue weighted by molar-refractivity contribution is 5.53. The fourth-order valence-corrected chi connectivity index (χ4v) is 1.33. The Morgan fingerprint density at radius 3 is 2.38 bits per heavy atom. The van der Waals surface area contributed by atoms with Crippen LogP contribution in [0.5, 0.6) is 0 Å². The Bertz CT molecular complexity index is 297. The van der Waals surface area contributed by atoms with Gasteiger partial charge in [-0.15, -0.1) is 0 Å². The third-order valence-electron chi connectivity index (χ3n) is 1.93. The van der Waals surface area contributed by atoms with E-state index in [0.717, 1.165) is 5.69 Å². The summed E-state index contributed by atoms with van der Waals surface area (Å²) in [5.41, 5.74) is 1.07. The van der Waals surface area contributed by atoms with Crippen molar-refractivity contribution < 1.29 is 9.50 Å². The Labute approximate surface area is 77.6 Å². The van der Waals surface area contributed by atoms with Crippen LogP contribution in [-0.2, 0) is 0 Å². The van der Waals surface area contributed by atoms with Gasteiger partial charge >= 0.3 is 0 Å². The van der Waals surface area contributed by atoms with Crippen molar-refractivity contribution in [1.82, 2.24) is 0 Å². The van der Waals surface area contributed by atoms with Crippen molar-refractivity contribution in [3.63, 3.8) is 0 Å². The van der Waals surface area contributed by atoms with Gasteiger partial charge in [0.05, 0.1) is 6.10 Å². The van der Waals surface area contributed by atoms with Crippen molar-refractivity contribution in [3.8, 4) is 0 Å². The number of hydrogen-bond donors (Lipinski definition) is 1. The predicted molar refractivity (Wildman–Crippen MR) is 51.4 cm³/mol. The molecule has 0 heterocycles. The molecule has 0 aliphatic rings. The Morgan fingerprint density at radius 2 is 2.00 bits per heavy atom. The normalized spacial score (nSPS) is 12.7. The summed E-state index contributed by atoms with van der Waals surface area (Å²) in [6.07, 6.45) is -0.779. The highest BCUT2D eigenvalue weighted by atomic mass is 19.1. The number of aliphatic hydroxyl groups excluding tert-OH is 1. The van der Waals surface area contributed by atoms with E-state index >= 15 is 0 Å². The Hall–Kier alpha value is -1.09. The van der Waals surface area contributed by atoms with E-state index in [0.29, 0.717) is 5.56 Å². The summed E-state index contributed by atoms with van der Waals surface area (Å²) in [4.78, 5) is 1.78. The first-order chi connectivity index (χ1) is 6.04. The van der Waals surface area contributed by atoms with Gasteiger partial charge < -0.3 is 10.0 Å². The molecule has 0 bridgehead atoms. The number of benzene rings is 1. The van der Waals surface area contributed by atoms with Crippen LogP contribution in [0.2, 0.25) is 0 Å². The summed E-state index contributed by atoms with van der Waals surface area (Å²) in [7, 11) is 3.64. The number of hydrogen-bond acceptors (Lipinski definition) is 2. The summed E-state index contributed by atoms with van der Waals surface area (Å²) in [6, 6.07) is 4.77. The van der Waals surface area contributed by atoms with Crippen LogP contribution in [0.4, 0.5) is 10.1 Å². The van der Waals surface area contributed by atoms with Crippen molar-refractivity contribution in [2.45, 2.75) is 13.0 Å². The summed E-state index contributed by atoms with van der Waals surface area (Å²) in [6.45, 7) is 1.56. The number of anilines is 1. The zero-order valence-electron chi connectivity index (χ0n) is 8.08. The van der Waals surface area contributed by atoms with Crippen LogP contribution in [-0.4, -0.2) is 19.2 Å². The lowest BCUT2D eigenvalue weighted by Gasteiger charge is -2.19. The second-order valence-corrected chi connectivity index (χ2v) is 3.24. The van der Waals surface area contributed by atoms with Crippen molar-refractivity contribution in [1.29, 1.82) is 0 Å². The highest BCUT2D eigenvalue weighted by Crippen LogP contribution is 2.27. The van der Waals surface area contributed by atoms with E-state index in [2.05, 4.69) is 0 Å². The lowest BCUT2D eigenvalue weighted by Crippen LogP contribution is -2.13. The average molecular weight is 183 g/mol. The van der Waals surface area contributed by atoms with Gasteiger partial charge in [0.1, 0.15) is 5.82 Å². The summed E-state index contributed by atoms with van der Waals surface area (Å²) >= 11 is 0. The van der Waals surface area contributed by atoms with E-state index in [4.69, 9.17) is 0 Å². The summed E-state index contributed by atoms with van der Waals surface area (Å²) in [5, 5.41) is 9.37. The van der Waals surface area contributed by atoms with Crippen molar-refractivity contribution >= 4 is 5.69 Å². The minimum atomic E-state index is -0.779. The molecular formula is C10H14FNO. The lowest BCUT2D eigenvalue weighted by atomic mass is 10.1. The van der Waals surface area contributed by atoms with Crippen LogP contribution < -0.4 is 4.90 Å². The molecule has 0 saturated heterocycles. The van der Waals surface area contributed by atoms with Crippen LogP contribution in [0, 0.1) is 5.82 Å². The fraction of sp³-hybridized carbons (Fsp3) is 0.400. The molecule has 0 aromatic heterocycles. The standard InChI is InChI=1S/C10H14FNO/c1-7(13)10-8(11)5-4-6-9(10)12(2)3/h4-7,13H,1-3H3/t7-/m1/s1. The molecule has 0 aliphatic heterocycles. The molecule has 72 valence electrons. The number of rotatable bonds is 2. The number of aliphatic hydroxyl groups is 1. The van der Waals surface area contributed by atoms with Gasteiger partial charge in [0.15, 0.2) is 0 Å². The van der Waals surface area contributed by atoms with Gasteiger partial charge in [0.25, 0.3) is 0 Å². The molecule has 3 heteroatoms. The second-order valence-electron chi connectivity index (χ2n) is 3.24. The first kappa shape index (κ1) is 9.99. The monoisotopic (exact) mass is 183 g/mol. The van der Waals surface area contributed by atoms with E-state index < -0.39 is 6.10 Å². The molecule has 0 fully saturated rings. The van der Waals surface area contributed by atoms with E-state index in [-0.39, 0.29) is 5.82 Å². The van der Waals surface area contributed by atoms with Crippen molar-refractivity contribution in [2.24, 2.45) is 0 Å². The molecule has 0 aliphatic carbocycles. The Morgan fingerprint density at radius 1 is 1.38 bits per heavy atom. The quantitative estimate of drug-likeness (QED) is 0.757. The zero-order valence-corrected chi connectivity index (χ0v) is 8.08. The minimum Gasteiger partial charge on any atom is -0.389 e. The van der Waals surface area contributed by atoms with Crippen LogP contribution in [0.3, 0.4) is 0 Å². The third kappa shape index (κ3) is 1.98. The third-order valence-corrected chi connectivity index (χ3v) is 1.93. The maximum absolute atomic E-state index is 13.3. The van der Waals surface area contributed by atoms with Crippen LogP contribution in [0.1, 0.15) is 18.6 Å². The van der Waals surface area contributed by atoms with Gasteiger partial charge in [-0.1, -0.05) is 6.07 Å². The second kappa shape index (κ2) is 3.75. The topological polar surface area (TPSA) is 23.5 Å². The fourth-order valence-electron chi connectivity index (χ4n) is 1.33. The Kier molecular flexibility index (Phi) is 2.88. The van der Waals surface area contributed by atoms with E-state index in [9.17, 15) is 9.50 Å². The van der Waals surface area contributed by atoms with Gasteiger partial charge in [-0.3, -0.25) is 0 Å². The molecule has 1 rings (SSSR count). The van der Waals surface area contributed by atoms with Gasteiger partial charge in [-0.2, -0.15) is 0 Å². The molecular weight excluding hydrogens is 169 g/mol. The molecule has 0 amide bonds. The molecule has 1 aromatic carbocycles. The lowest BCUT2D eigenvalue weighted by molar-refractivity contribution is 0.194. The smallest absolute Gasteiger partial charge is 0.131 e. The highest BCUT2D eigenvalue weighted by Gasteiger charge is 2.13. The van der Waals surface area contributed by atoms with Crippen molar-refractivity contribution in [2.75, 3.05) is 19.0 Å². The predicted octanol–water partition coefficient (Wildman–Crippen LogP) is 1.94. The van der Waals surface area contributed by atoms with E-state index in [1.54, 1.807) is 24.0 Å². The first-order valence-electron chi connectivity index (χ1n) is 4.18. The Balaban J connectivity index is 3.26. The number of halogens is 1. The molecule has 1 N–H and O–H groups in total. The summed E-state index contributed by atoms with van der Waals surface area (Å²) < 4.78 is 13.3. The largest absolute Gasteiger partial charge is 0.389 e. The molecule has 0 unspecified atom stereocenters. The first-order valence-corrected chi connectivity index (χ1v) is 4.18. The molecule has 2 nitrogen and oxygen atoms in total. The summed E-state index contributed by atoms with van der Waals surface area (Å²) in [5.74, 6) is -0.360. The van der Waals surface area contributed by atoms with Gasteiger partial charge in [0, 0.05) is 25.3 Å². The van der Waals surface area contributed by atoms with E-state index in [1.165, 1.54) is 6.07 Å². The van der Waals surface area contributed by atoms with E-state index in [1.807, 2.05) is 14.1 Å². The van der Waals surface area contributed by atoms with Crippen molar-refractivity contribution in [3.05, 3.63) is 29.6 Å². The van der Waals surface area contributed by atoms with Crippen LogP contribution >= 0.6 is 0 Å². The SMILES string of the molecule is C[C@@H](O)c1c(F)cccc1N(C)C. The number of nitrogens with zero attached hydrogens (tertiary/aromatic N) is 1. The maximum atomic E-state index is 13.3. The molecule has 0 saturated carbocycles. The van der Waals surface area contributed by atoms with Gasteiger partial charge in [-0.05, 0) is 19.1 Å². The van der Waals surface area contributed by atoms with Crippen LogP contribution in [0.15, 0.2) is 18.2 Å². The molecule has 0 spiro atoms. The van der Waals surface area contributed by atoms with Gasteiger partial charge in [0.2, 0.25) is 0 Å². The molecule has 1 atom stereocenters. The maximum Gasteiger partial charge on any atom is 0.131 e. The zero-order chi connectivity index (χ0) is 10.0. The molecule has 13 heavy (non-hydrogen) atoms. The molecule has 1 aromatic rings. The van der Waals surface area contributed by atoms with Gasteiger partial charge in [-0.25, -0.2) is 4.39 Å². The minimum absolute atomic E-state index is 0.354.